The van der Waals surface area contributed by atoms with Crippen molar-refractivity contribution in [2.75, 3.05) is 26.2 Å². The minimum absolute atomic E-state index is 0.332. The van der Waals surface area contributed by atoms with Crippen molar-refractivity contribution < 1.29 is 14.3 Å². The molecule has 1 fully saturated rings. The number of halogens is 1. The van der Waals surface area contributed by atoms with Gasteiger partial charge in [-0.3, -0.25) is 4.79 Å². The van der Waals surface area contributed by atoms with Crippen LogP contribution in [0.3, 0.4) is 0 Å². The molecular formula is C11H19ClN2O3. The molecule has 0 N–H and O–H groups in total. The van der Waals surface area contributed by atoms with Crippen LogP contribution in [-0.4, -0.2) is 53.0 Å². The van der Waals surface area contributed by atoms with E-state index in [4.69, 9.17) is 16.3 Å². The van der Waals surface area contributed by atoms with Crippen LogP contribution in [0.15, 0.2) is 0 Å². The van der Waals surface area contributed by atoms with Crippen molar-refractivity contribution in [3.63, 3.8) is 0 Å². The molecule has 17 heavy (non-hydrogen) atoms. The van der Waals surface area contributed by atoms with Crippen molar-refractivity contribution in [3.05, 3.63) is 0 Å². The first-order valence-electron chi connectivity index (χ1n) is 5.72. The zero-order valence-electron chi connectivity index (χ0n) is 10.5. The van der Waals surface area contributed by atoms with Gasteiger partial charge in [-0.25, -0.2) is 4.79 Å². The maximum Gasteiger partial charge on any atom is 0.410 e. The van der Waals surface area contributed by atoms with Crippen LogP contribution in [-0.2, 0) is 4.74 Å². The standard InChI is InChI=1S/C11H19ClN2O3/c1-11(2,3)17-10(16)14-6-4-5-13(7-8-14)9(12)15/h4-8H2,1-3H3. The second kappa shape index (κ2) is 5.58. The summed E-state index contributed by atoms with van der Waals surface area (Å²) in [4.78, 5) is 26.0. The Balaban J connectivity index is 2.51. The normalized spacial score (nSPS) is 17.6. The molecule has 0 bridgehead atoms. The minimum Gasteiger partial charge on any atom is -0.444 e. The zero-order chi connectivity index (χ0) is 13.1. The highest BCUT2D eigenvalue weighted by molar-refractivity contribution is 6.62. The summed E-state index contributed by atoms with van der Waals surface area (Å²) >= 11 is 5.42. The Labute approximate surface area is 107 Å². The van der Waals surface area contributed by atoms with Crippen LogP contribution in [0.2, 0.25) is 0 Å². The van der Waals surface area contributed by atoms with Gasteiger partial charge in [0.15, 0.2) is 0 Å². The van der Waals surface area contributed by atoms with Crippen LogP contribution < -0.4 is 0 Å². The van der Waals surface area contributed by atoms with Crippen LogP contribution in [0.4, 0.5) is 9.59 Å². The van der Waals surface area contributed by atoms with Crippen molar-refractivity contribution in [2.24, 2.45) is 0 Å². The Hall–Kier alpha value is -0.970. The number of carbonyl (C=O) groups excluding carboxylic acids is 2. The maximum absolute atomic E-state index is 11.8. The largest absolute Gasteiger partial charge is 0.444 e. The molecular weight excluding hydrogens is 244 g/mol. The van der Waals surface area contributed by atoms with Crippen LogP contribution >= 0.6 is 11.6 Å². The first kappa shape index (κ1) is 14.1. The van der Waals surface area contributed by atoms with E-state index in [1.54, 1.807) is 4.90 Å². The Morgan fingerprint density at radius 1 is 1.06 bits per heavy atom. The van der Waals surface area contributed by atoms with Crippen LogP contribution in [0, 0.1) is 0 Å². The molecule has 0 saturated carbocycles. The van der Waals surface area contributed by atoms with Gasteiger partial charge in [-0.05, 0) is 38.8 Å². The monoisotopic (exact) mass is 262 g/mol. The quantitative estimate of drug-likeness (QED) is 0.497. The number of hydrogen-bond acceptors (Lipinski definition) is 3. The summed E-state index contributed by atoms with van der Waals surface area (Å²) in [6.07, 6.45) is 0.388. The van der Waals surface area contributed by atoms with Crippen molar-refractivity contribution in [2.45, 2.75) is 32.8 Å². The van der Waals surface area contributed by atoms with Crippen LogP contribution in [0.25, 0.3) is 0 Å². The van der Waals surface area contributed by atoms with Crippen LogP contribution in [0.5, 0.6) is 0 Å². The molecule has 1 heterocycles. The molecule has 0 aromatic carbocycles. The van der Waals surface area contributed by atoms with Gasteiger partial charge in [0.25, 0.3) is 0 Å². The smallest absolute Gasteiger partial charge is 0.410 e. The highest BCUT2D eigenvalue weighted by Gasteiger charge is 2.25. The topological polar surface area (TPSA) is 49.9 Å². The summed E-state index contributed by atoms with van der Waals surface area (Å²) in [7, 11) is 0. The molecule has 1 aliphatic heterocycles. The first-order valence-corrected chi connectivity index (χ1v) is 6.10. The average Bonchev–Trinajstić information content (AvgIpc) is 2.39. The third-order valence-corrected chi connectivity index (χ3v) is 2.64. The second-order valence-electron chi connectivity index (χ2n) is 5.06. The summed E-state index contributed by atoms with van der Waals surface area (Å²) in [5.41, 5.74) is -0.495. The predicted molar refractivity (Wildman–Crippen MR) is 65.2 cm³/mol. The number of nitrogens with zero attached hydrogens (tertiary/aromatic N) is 2. The van der Waals surface area contributed by atoms with Crippen molar-refractivity contribution in [1.82, 2.24) is 9.80 Å². The molecule has 1 aliphatic rings. The lowest BCUT2D eigenvalue weighted by molar-refractivity contribution is 0.0259. The molecule has 2 amide bonds. The van der Waals surface area contributed by atoms with Crippen LogP contribution in [0.1, 0.15) is 27.2 Å². The summed E-state index contributed by atoms with van der Waals surface area (Å²) in [6.45, 7) is 7.60. The van der Waals surface area contributed by atoms with Gasteiger partial charge < -0.3 is 14.5 Å². The van der Waals surface area contributed by atoms with E-state index >= 15 is 0 Å². The molecule has 0 spiro atoms. The summed E-state index contributed by atoms with van der Waals surface area (Å²) in [5.74, 6) is 0. The van der Waals surface area contributed by atoms with Crippen molar-refractivity contribution in [3.8, 4) is 0 Å². The van der Waals surface area contributed by atoms with Gasteiger partial charge in [-0.1, -0.05) is 0 Å². The Morgan fingerprint density at radius 2 is 1.59 bits per heavy atom. The van der Waals surface area contributed by atoms with E-state index in [9.17, 15) is 9.59 Å². The predicted octanol–water partition coefficient (Wildman–Crippen LogP) is 2.29. The van der Waals surface area contributed by atoms with E-state index in [-0.39, 0.29) is 6.09 Å². The number of amides is 2. The number of rotatable bonds is 0. The summed E-state index contributed by atoms with van der Waals surface area (Å²) < 4.78 is 5.28. The molecule has 0 radical (unpaired) electrons. The van der Waals surface area contributed by atoms with E-state index in [1.165, 1.54) is 4.90 Å². The number of hydrogen-bond donors (Lipinski definition) is 0. The third kappa shape index (κ3) is 4.81. The lowest BCUT2D eigenvalue weighted by Gasteiger charge is -2.26. The zero-order valence-corrected chi connectivity index (χ0v) is 11.3. The van der Waals surface area contributed by atoms with Gasteiger partial charge in [0.2, 0.25) is 0 Å². The van der Waals surface area contributed by atoms with Crippen molar-refractivity contribution >= 4 is 23.1 Å². The van der Waals surface area contributed by atoms with Gasteiger partial charge in [0, 0.05) is 26.2 Å². The molecule has 98 valence electrons. The Bertz CT molecular complexity index is 302. The Morgan fingerprint density at radius 3 is 2.12 bits per heavy atom. The lowest BCUT2D eigenvalue weighted by Crippen LogP contribution is -2.39. The lowest BCUT2D eigenvalue weighted by atomic mass is 10.2. The highest BCUT2D eigenvalue weighted by atomic mass is 35.5. The molecule has 5 nitrogen and oxygen atoms in total. The van der Waals surface area contributed by atoms with E-state index in [2.05, 4.69) is 0 Å². The molecule has 6 heteroatoms. The molecule has 0 aromatic heterocycles. The van der Waals surface area contributed by atoms with E-state index in [0.717, 1.165) is 6.42 Å². The molecule has 0 unspecified atom stereocenters. The molecule has 0 aromatic rings. The van der Waals surface area contributed by atoms with Gasteiger partial charge in [0.1, 0.15) is 5.60 Å². The molecule has 1 rings (SSSR count). The van der Waals surface area contributed by atoms with Gasteiger partial charge in [-0.2, -0.15) is 0 Å². The first-order chi connectivity index (χ1) is 7.79. The SMILES string of the molecule is CC(C)(C)OC(=O)N1CCCN(C(=O)Cl)CC1. The fraction of sp³-hybridized carbons (Fsp3) is 0.818. The molecule has 0 aliphatic carbocycles. The van der Waals surface area contributed by atoms with Gasteiger partial charge in [-0.15, -0.1) is 0 Å². The van der Waals surface area contributed by atoms with Gasteiger partial charge >= 0.3 is 11.5 Å². The van der Waals surface area contributed by atoms with Crippen molar-refractivity contribution in [1.29, 1.82) is 0 Å². The van der Waals surface area contributed by atoms with Gasteiger partial charge in [0.05, 0.1) is 0 Å². The average molecular weight is 263 g/mol. The highest BCUT2D eigenvalue weighted by Crippen LogP contribution is 2.12. The summed E-state index contributed by atoms with van der Waals surface area (Å²) in [5, 5.41) is -0.462. The fourth-order valence-corrected chi connectivity index (χ4v) is 1.77. The van der Waals surface area contributed by atoms with E-state index in [1.807, 2.05) is 20.8 Å². The Kier molecular flexibility index (Phi) is 4.62. The molecule has 1 saturated heterocycles. The number of ether oxygens (including phenoxy) is 1. The van der Waals surface area contributed by atoms with E-state index in [0.29, 0.717) is 26.2 Å². The minimum atomic E-state index is -0.495. The summed E-state index contributed by atoms with van der Waals surface area (Å²) in [6, 6.07) is 0. The third-order valence-electron chi connectivity index (χ3n) is 2.40. The maximum atomic E-state index is 11.8. The van der Waals surface area contributed by atoms with E-state index < -0.39 is 11.0 Å². The molecule has 0 atom stereocenters. The number of carbonyl (C=O) groups is 2. The second-order valence-corrected chi connectivity index (χ2v) is 5.38. The fourth-order valence-electron chi connectivity index (χ4n) is 1.60.